The fourth-order valence-corrected chi connectivity index (χ4v) is 3.57. The summed E-state index contributed by atoms with van der Waals surface area (Å²) in [6, 6.07) is 1.59. The maximum Gasteiger partial charge on any atom is 0.0235 e. The molecule has 2 unspecified atom stereocenters. The third kappa shape index (κ3) is 4.44. The highest BCUT2D eigenvalue weighted by molar-refractivity contribution is 4.89. The van der Waals surface area contributed by atoms with Crippen LogP contribution >= 0.6 is 0 Å². The summed E-state index contributed by atoms with van der Waals surface area (Å²) in [5, 5.41) is 3.64. The van der Waals surface area contributed by atoms with Gasteiger partial charge in [0, 0.05) is 31.7 Å². The van der Waals surface area contributed by atoms with Gasteiger partial charge in [0.1, 0.15) is 0 Å². The lowest BCUT2D eigenvalue weighted by Crippen LogP contribution is -2.43. The van der Waals surface area contributed by atoms with Crippen molar-refractivity contribution in [3.05, 3.63) is 0 Å². The van der Waals surface area contributed by atoms with Crippen molar-refractivity contribution < 1.29 is 0 Å². The molecule has 2 aliphatic rings. The molecule has 0 aromatic heterocycles. The zero-order valence-corrected chi connectivity index (χ0v) is 13.2. The van der Waals surface area contributed by atoms with Crippen LogP contribution in [-0.2, 0) is 0 Å². The molecule has 0 saturated carbocycles. The number of likely N-dealkylation sites (tertiary alicyclic amines) is 2. The zero-order chi connectivity index (χ0) is 13.7. The first-order valence-electron chi connectivity index (χ1n) is 8.39. The van der Waals surface area contributed by atoms with Crippen molar-refractivity contribution in [2.75, 3.05) is 39.3 Å². The summed E-state index contributed by atoms with van der Waals surface area (Å²) in [7, 11) is 0. The quantitative estimate of drug-likeness (QED) is 0.763. The van der Waals surface area contributed by atoms with E-state index in [9.17, 15) is 0 Å². The van der Waals surface area contributed by atoms with E-state index in [1.54, 1.807) is 0 Å². The minimum Gasteiger partial charge on any atom is -0.315 e. The second-order valence-electron chi connectivity index (χ2n) is 6.79. The standard InChI is InChI=1S/C16H33N3/c1-4-15(12-17-11-14(2)3)19-10-7-16(13-19)18-8-5-6-9-18/h14-17H,4-13H2,1-3H3. The van der Waals surface area contributed by atoms with Crippen LogP contribution < -0.4 is 5.32 Å². The van der Waals surface area contributed by atoms with E-state index in [0.717, 1.165) is 24.5 Å². The van der Waals surface area contributed by atoms with Gasteiger partial charge >= 0.3 is 0 Å². The van der Waals surface area contributed by atoms with Gasteiger partial charge in [-0.3, -0.25) is 9.80 Å². The first kappa shape index (κ1) is 15.3. The summed E-state index contributed by atoms with van der Waals surface area (Å²) in [5.74, 6) is 0.758. The van der Waals surface area contributed by atoms with Crippen LogP contribution in [0, 0.1) is 5.92 Å². The Bertz CT molecular complexity index is 248. The van der Waals surface area contributed by atoms with Gasteiger partial charge in [0.2, 0.25) is 0 Å². The Morgan fingerprint density at radius 3 is 2.47 bits per heavy atom. The van der Waals surface area contributed by atoms with Gasteiger partial charge in [-0.1, -0.05) is 20.8 Å². The summed E-state index contributed by atoms with van der Waals surface area (Å²) in [6.07, 6.45) is 5.51. The Morgan fingerprint density at radius 2 is 1.84 bits per heavy atom. The van der Waals surface area contributed by atoms with Gasteiger partial charge in [-0.15, -0.1) is 0 Å². The summed E-state index contributed by atoms with van der Waals surface area (Å²) in [5.41, 5.74) is 0. The molecule has 2 heterocycles. The molecule has 0 aromatic rings. The predicted octanol–water partition coefficient (Wildman–Crippen LogP) is 2.18. The molecule has 112 valence electrons. The van der Waals surface area contributed by atoms with E-state index in [-0.39, 0.29) is 0 Å². The Kier molecular flexibility index (Phi) is 6.11. The van der Waals surface area contributed by atoms with Crippen molar-refractivity contribution in [2.24, 2.45) is 5.92 Å². The molecule has 2 rings (SSSR count). The SMILES string of the molecule is CCC(CNCC(C)C)N1CCC(N2CCCC2)C1. The van der Waals surface area contributed by atoms with Crippen LogP contribution in [-0.4, -0.2) is 61.2 Å². The molecular weight excluding hydrogens is 234 g/mol. The second kappa shape index (κ2) is 7.61. The first-order chi connectivity index (χ1) is 9.20. The van der Waals surface area contributed by atoms with Gasteiger partial charge in [-0.05, 0) is 51.2 Å². The average Bonchev–Trinajstić information content (AvgIpc) is 3.04. The minimum atomic E-state index is 0.742. The molecule has 0 amide bonds. The van der Waals surface area contributed by atoms with Gasteiger partial charge in [-0.25, -0.2) is 0 Å². The summed E-state index contributed by atoms with van der Waals surface area (Å²) >= 11 is 0. The molecule has 3 heteroatoms. The highest BCUT2D eigenvalue weighted by Crippen LogP contribution is 2.22. The van der Waals surface area contributed by atoms with E-state index in [1.165, 1.54) is 58.4 Å². The smallest absolute Gasteiger partial charge is 0.0235 e. The largest absolute Gasteiger partial charge is 0.315 e. The topological polar surface area (TPSA) is 18.5 Å². The fourth-order valence-electron chi connectivity index (χ4n) is 3.57. The molecule has 0 spiro atoms. The molecule has 2 saturated heterocycles. The van der Waals surface area contributed by atoms with E-state index >= 15 is 0 Å². The van der Waals surface area contributed by atoms with Crippen LogP contribution in [0.15, 0.2) is 0 Å². The summed E-state index contributed by atoms with van der Waals surface area (Å²) in [6.45, 7) is 14.5. The predicted molar refractivity (Wildman–Crippen MR) is 82.6 cm³/mol. The van der Waals surface area contributed by atoms with E-state index in [4.69, 9.17) is 0 Å². The third-order valence-electron chi connectivity index (χ3n) is 4.77. The molecule has 0 aromatic carbocycles. The van der Waals surface area contributed by atoms with E-state index in [1.807, 2.05) is 0 Å². The van der Waals surface area contributed by atoms with Crippen molar-refractivity contribution in [3.63, 3.8) is 0 Å². The minimum absolute atomic E-state index is 0.742. The van der Waals surface area contributed by atoms with Gasteiger partial charge in [0.25, 0.3) is 0 Å². The highest BCUT2D eigenvalue weighted by atomic mass is 15.3. The zero-order valence-electron chi connectivity index (χ0n) is 13.2. The van der Waals surface area contributed by atoms with Gasteiger partial charge in [-0.2, -0.15) is 0 Å². The lowest BCUT2D eigenvalue weighted by atomic mass is 10.1. The second-order valence-corrected chi connectivity index (χ2v) is 6.79. The maximum atomic E-state index is 3.64. The normalized spacial score (nSPS) is 27.5. The third-order valence-corrected chi connectivity index (χ3v) is 4.77. The molecule has 1 N–H and O–H groups in total. The van der Waals surface area contributed by atoms with Gasteiger partial charge < -0.3 is 5.32 Å². The number of rotatable bonds is 7. The fraction of sp³-hybridized carbons (Fsp3) is 1.00. The lowest BCUT2D eigenvalue weighted by Gasteiger charge is -2.29. The molecule has 0 aliphatic carbocycles. The van der Waals surface area contributed by atoms with Crippen molar-refractivity contribution in [1.29, 1.82) is 0 Å². The average molecular weight is 267 g/mol. The molecule has 2 atom stereocenters. The molecule has 2 aliphatic heterocycles. The Hall–Kier alpha value is -0.120. The number of hydrogen-bond acceptors (Lipinski definition) is 3. The van der Waals surface area contributed by atoms with Crippen molar-refractivity contribution in [1.82, 2.24) is 15.1 Å². The lowest BCUT2D eigenvalue weighted by molar-refractivity contribution is 0.192. The van der Waals surface area contributed by atoms with Crippen LogP contribution in [0.1, 0.15) is 46.5 Å². The molecular formula is C16H33N3. The van der Waals surface area contributed by atoms with Gasteiger partial charge in [0.15, 0.2) is 0 Å². The van der Waals surface area contributed by atoms with Crippen molar-refractivity contribution >= 4 is 0 Å². The van der Waals surface area contributed by atoms with Crippen LogP contribution in [0.2, 0.25) is 0 Å². The molecule has 2 fully saturated rings. The monoisotopic (exact) mass is 267 g/mol. The molecule has 0 radical (unpaired) electrons. The van der Waals surface area contributed by atoms with Gasteiger partial charge in [0.05, 0.1) is 0 Å². The summed E-state index contributed by atoms with van der Waals surface area (Å²) < 4.78 is 0. The van der Waals surface area contributed by atoms with E-state index < -0.39 is 0 Å². The summed E-state index contributed by atoms with van der Waals surface area (Å²) in [4.78, 5) is 5.46. The van der Waals surface area contributed by atoms with Crippen molar-refractivity contribution in [2.45, 2.75) is 58.5 Å². The van der Waals surface area contributed by atoms with Crippen LogP contribution in [0.4, 0.5) is 0 Å². The van der Waals surface area contributed by atoms with E-state index in [0.29, 0.717) is 0 Å². The Morgan fingerprint density at radius 1 is 1.11 bits per heavy atom. The van der Waals surface area contributed by atoms with E-state index in [2.05, 4.69) is 35.9 Å². The van der Waals surface area contributed by atoms with Crippen LogP contribution in [0.3, 0.4) is 0 Å². The first-order valence-corrected chi connectivity index (χ1v) is 8.39. The number of hydrogen-bond donors (Lipinski definition) is 1. The highest BCUT2D eigenvalue weighted by Gasteiger charge is 2.31. The Balaban J connectivity index is 1.73. The number of nitrogens with one attached hydrogen (secondary N) is 1. The van der Waals surface area contributed by atoms with Crippen molar-refractivity contribution in [3.8, 4) is 0 Å². The Labute approximate surface area is 119 Å². The van der Waals surface area contributed by atoms with Crippen LogP contribution in [0.5, 0.6) is 0 Å². The maximum absolute atomic E-state index is 3.64. The molecule has 0 bridgehead atoms. The van der Waals surface area contributed by atoms with Crippen LogP contribution in [0.25, 0.3) is 0 Å². The number of nitrogens with zero attached hydrogens (tertiary/aromatic N) is 2. The molecule has 19 heavy (non-hydrogen) atoms. The molecule has 3 nitrogen and oxygen atoms in total.